The molecular weight excluding hydrogens is 352 g/mol. The van der Waals surface area contributed by atoms with Crippen molar-refractivity contribution in [3.8, 4) is 17.2 Å². The number of aromatic nitrogens is 1. The number of hydrogen-bond acceptors (Lipinski definition) is 5. The first-order valence-corrected chi connectivity index (χ1v) is 8.92. The molecule has 3 rings (SSSR count). The average Bonchev–Trinajstić information content (AvgIpc) is 3.03. The molecule has 0 aliphatic carbocycles. The molecule has 0 radical (unpaired) electrons. The Labute approximate surface area is 155 Å². The van der Waals surface area contributed by atoms with E-state index in [4.69, 9.17) is 14.2 Å². The Hall–Kier alpha value is -2.80. The van der Waals surface area contributed by atoms with Gasteiger partial charge in [0, 0.05) is 12.1 Å². The lowest BCUT2D eigenvalue weighted by molar-refractivity contribution is 0.0997. The molecule has 0 unspecified atom stereocenters. The Balaban J connectivity index is 2.12. The Morgan fingerprint density at radius 2 is 1.73 bits per heavy atom. The summed E-state index contributed by atoms with van der Waals surface area (Å²) >= 11 is 1.49. The molecule has 3 aromatic rings. The molecule has 0 saturated heterocycles. The molecule has 136 valence electrons. The number of aryl methyl sites for hydroxylation is 1. The number of benzene rings is 2. The molecule has 6 nitrogen and oxygen atoms in total. The number of para-hydroxylation sites is 1. The Morgan fingerprint density at radius 1 is 1.08 bits per heavy atom. The number of methoxy groups -OCH3 is 3. The van der Waals surface area contributed by atoms with Gasteiger partial charge in [-0.1, -0.05) is 23.5 Å². The van der Waals surface area contributed by atoms with E-state index < -0.39 is 0 Å². The first-order valence-electron chi connectivity index (χ1n) is 8.10. The lowest BCUT2D eigenvalue weighted by atomic mass is 10.1. The van der Waals surface area contributed by atoms with Gasteiger partial charge in [-0.3, -0.25) is 4.79 Å². The molecule has 1 heterocycles. The maximum absolute atomic E-state index is 12.8. The van der Waals surface area contributed by atoms with Crippen molar-refractivity contribution >= 4 is 27.5 Å². The second kappa shape index (κ2) is 7.61. The van der Waals surface area contributed by atoms with Gasteiger partial charge in [-0.25, -0.2) is 0 Å². The summed E-state index contributed by atoms with van der Waals surface area (Å²) in [6.45, 7) is 2.76. The van der Waals surface area contributed by atoms with E-state index in [0.29, 0.717) is 27.6 Å². The van der Waals surface area contributed by atoms with Crippen molar-refractivity contribution in [3.63, 3.8) is 0 Å². The summed E-state index contributed by atoms with van der Waals surface area (Å²) in [6.07, 6.45) is 0. The monoisotopic (exact) mass is 372 g/mol. The minimum absolute atomic E-state index is 0.363. The van der Waals surface area contributed by atoms with Gasteiger partial charge in [-0.05, 0) is 31.2 Å². The predicted molar refractivity (Wildman–Crippen MR) is 101 cm³/mol. The van der Waals surface area contributed by atoms with E-state index in [-0.39, 0.29) is 5.91 Å². The third-order valence-electron chi connectivity index (χ3n) is 4.01. The normalized spacial score (nSPS) is 11.6. The van der Waals surface area contributed by atoms with Crippen LogP contribution >= 0.6 is 11.3 Å². The second-order valence-electron chi connectivity index (χ2n) is 5.43. The van der Waals surface area contributed by atoms with Crippen LogP contribution < -0.4 is 19.0 Å². The van der Waals surface area contributed by atoms with E-state index >= 15 is 0 Å². The fourth-order valence-corrected chi connectivity index (χ4v) is 3.86. The molecule has 0 aliphatic heterocycles. The number of carbonyl (C=O) groups excluding carboxylic acids is 1. The van der Waals surface area contributed by atoms with Crippen molar-refractivity contribution in [3.05, 3.63) is 46.8 Å². The van der Waals surface area contributed by atoms with E-state index in [1.807, 2.05) is 35.8 Å². The summed E-state index contributed by atoms with van der Waals surface area (Å²) in [7, 11) is 4.55. The highest BCUT2D eigenvalue weighted by molar-refractivity contribution is 7.16. The van der Waals surface area contributed by atoms with Crippen LogP contribution in [0.4, 0.5) is 0 Å². The van der Waals surface area contributed by atoms with Gasteiger partial charge < -0.3 is 18.8 Å². The lowest BCUT2D eigenvalue weighted by Crippen LogP contribution is -2.16. The summed E-state index contributed by atoms with van der Waals surface area (Å²) in [4.78, 5) is 17.8. The molecule has 0 bridgehead atoms. The lowest BCUT2D eigenvalue weighted by Gasteiger charge is -2.12. The molecule has 26 heavy (non-hydrogen) atoms. The SMILES string of the molecule is CCn1c(=NC(=O)c2cc(OC)c(OC)c(OC)c2)sc2ccccc21. The number of amides is 1. The summed E-state index contributed by atoms with van der Waals surface area (Å²) in [5.41, 5.74) is 1.44. The van der Waals surface area contributed by atoms with Crippen LogP contribution in [0.2, 0.25) is 0 Å². The predicted octanol–water partition coefficient (Wildman–Crippen LogP) is 3.49. The third-order valence-corrected chi connectivity index (χ3v) is 5.07. The number of rotatable bonds is 5. The van der Waals surface area contributed by atoms with Gasteiger partial charge in [0.1, 0.15) is 0 Å². The number of nitrogens with zero attached hydrogens (tertiary/aromatic N) is 2. The van der Waals surface area contributed by atoms with Crippen LogP contribution in [0.5, 0.6) is 17.2 Å². The van der Waals surface area contributed by atoms with E-state index in [9.17, 15) is 4.79 Å². The number of carbonyl (C=O) groups is 1. The van der Waals surface area contributed by atoms with Crippen LogP contribution in [0, 0.1) is 0 Å². The van der Waals surface area contributed by atoms with Gasteiger partial charge in [-0.2, -0.15) is 4.99 Å². The van der Waals surface area contributed by atoms with Gasteiger partial charge in [0.15, 0.2) is 16.3 Å². The van der Waals surface area contributed by atoms with Crippen LogP contribution in [0.3, 0.4) is 0 Å². The van der Waals surface area contributed by atoms with Crippen molar-refractivity contribution in [2.45, 2.75) is 13.5 Å². The standard InChI is InChI=1S/C19H20N2O4S/c1-5-21-13-8-6-7-9-16(13)26-19(21)20-18(22)12-10-14(23-2)17(25-4)15(11-12)24-3/h6-11H,5H2,1-4H3. The summed E-state index contributed by atoms with van der Waals surface area (Å²) in [6, 6.07) is 11.2. The van der Waals surface area contributed by atoms with Gasteiger partial charge in [-0.15, -0.1) is 0 Å². The van der Waals surface area contributed by atoms with E-state index in [2.05, 4.69) is 4.99 Å². The third kappa shape index (κ3) is 3.17. The highest BCUT2D eigenvalue weighted by Crippen LogP contribution is 2.38. The van der Waals surface area contributed by atoms with Crippen LogP contribution in [0.15, 0.2) is 41.4 Å². The van der Waals surface area contributed by atoms with Crippen molar-refractivity contribution in [1.29, 1.82) is 0 Å². The summed E-state index contributed by atoms with van der Waals surface area (Å²) in [5, 5.41) is 0. The Morgan fingerprint density at radius 3 is 2.31 bits per heavy atom. The number of thiazole rings is 1. The molecule has 7 heteroatoms. The largest absolute Gasteiger partial charge is 0.493 e. The van der Waals surface area contributed by atoms with Crippen molar-refractivity contribution in [2.24, 2.45) is 4.99 Å². The fourth-order valence-electron chi connectivity index (χ4n) is 2.77. The maximum atomic E-state index is 12.8. The van der Waals surface area contributed by atoms with E-state index in [0.717, 1.165) is 16.8 Å². The topological polar surface area (TPSA) is 62.1 Å². The number of hydrogen-bond donors (Lipinski definition) is 0. The van der Waals surface area contributed by atoms with Crippen molar-refractivity contribution in [1.82, 2.24) is 4.57 Å². The minimum atomic E-state index is -0.363. The summed E-state index contributed by atoms with van der Waals surface area (Å²) < 4.78 is 19.0. The Kier molecular flexibility index (Phi) is 5.27. The van der Waals surface area contributed by atoms with Crippen molar-refractivity contribution in [2.75, 3.05) is 21.3 Å². The maximum Gasteiger partial charge on any atom is 0.279 e. The van der Waals surface area contributed by atoms with E-state index in [1.54, 1.807) is 12.1 Å². The number of ether oxygens (including phenoxy) is 3. The molecule has 0 atom stereocenters. The molecule has 1 aromatic heterocycles. The molecule has 1 amide bonds. The zero-order chi connectivity index (χ0) is 18.7. The quantitative estimate of drug-likeness (QED) is 0.688. The van der Waals surface area contributed by atoms with E-state index in [1.165, 1.54) is 32.7 Å². The highest BCUT2D eigenvalue weighted by Gasteiger charge is 2.17. The Bertz CT molecular complexity index is 995. The molecular formula is C19H20N2O4S. The van der Waals surface area contributed by atoms with Gasteiger partial charge >= 0.3 is 0 Å². The first kappa shape index (κ1) is 18.0. The minimum Gasteiger partial charge on any atom is -0.493 e. The molecule has 0 aliphatic rings. The smallest absolute Gasteiger partial charge is 0.279 e. The second-order valence-corrected chi connectivity index (χ2v) is 6.44. The summed E-state index contributed by atoms with van der Waals surface area (Å²) in [5.74, 6) is 0.922. The van der Waals surface area contributed by atoms with Crippen LogP contribution in [0.25, 0.3) is 10.2 Å². The van der Waals surface area contributed by atoms with Crippen LogP contribution in [-0.4, -0.2) is 31.8 Å². The molecule has 0 fully saturated rings. The molecule has 0 N–H and O–H groups in total. The van der Waals surface area contributed by atoms with Crippen molar-refractivity contribution < 1.29 is 19.0 Å². The highest BCUT2D eigenvalue weighted by atomic mass is 32.1. The fraction of sp³-hybridized carbons (Fsp3) is 0.263. The first-order chi connectivity index (χ1) is 12.6. The van der Waals surface area contributed by atoms with Crippen LogP contribution in [0.1, 0.15) is 17.3 Å². The van der Waals surface area contributed by atoms with Gasteiger partial charge in [0.25, 0.3) is 5.91 Å². The molecule has 2 aromatic carbocycles. The zero-order valence-electron chi connectivity index (χ0n) is 15.1. The average molecular weight is 372 g/mol. The number of fused-ring (bicyclic) bond motifs is 1. The van der Waals surface area contributed by atoms with Gasteiger partial charge in [0.2, 0.25) is 5.75 Å². The van der Waals surface area contributed by atoms with Gasteiger partial charge in [0.05, 0.1) is 31.5 Å². The zero-order valence-corrected chi connectivity index (χ0v) is 15.9. The van der Waals surface area contributed by atoms with Crippen LogP contribution in [-0.2, 0) is 6.54 Å². The molecule has 0 spiro atoms. The molecule has 0 saturated carbocycles.